The number of hydrogen-bond acceptors (Lipinski definition) is 3. The summed E-state index contributed by atoms with van der Waals surface area (Å²) in [6.45, 7) is 9.24. The number of amides is 1. The fourth-order valence-electron chi connectivity index (χ4n) is 2.06. The first-order valence-corrected chi connectivity index (χ1v) is 5.91. The van der Waals surface area contributed by atoms with E-state index < -0.39 is 0 Å². The van der Waals surface area contributed by atoms with Crippen molar-refractivity contribution >= 4 is 11.6 Å². The molecule has 2 rings (SSSR count). The molecule has 1 aliphatic rings. The quantitative estimate of drug-likeness (QED) is 0.779. The molecule has 94 valence electrons. The molecular weight excluding hydrogens is 216 g/mol. The van der Waals surface area contributed by atoms with Gasteiger partial charge in [-0.05, 0) is 12.3 Å². The normalized spacial score (nSPS) is 25.0. The van der Waals surface area contributed by atoms with Gasteiger partial charge in [-0.25, -0.2) is 0 Å². The SMILES string of the molecule is C[C@H]1[C@H](N)C(=O)N1c1cnn(CC(C)(C)C)c1. The van der Waals surface area contributed by atoms with E-state index in [4.69, 9.17) is 5.73 Å². The largest absolute Gasteiger partial charge is 0.318 e. The summed E-state index contributed by atoms with van der Waals surface area (Å²) in [5.74, 6) is -0.0205. The molecule has 2 N–H and O–H groups in total. The van der Waals surface area contributed by atoms with Gasteiger partial charge in [0, 0.05) is 12.7 Å². The number of carbonyl (C=O) groups is 1. The summed E-state index contributed by atoms with van der Waals surface area (Å²) in [7, 11) is 0. The lowest BCUT2D eigenvalue weighted by Crippen LogP contribution is -2.67. The van der Waals surface area contributed by atoms with E-state index in [1.807, 2.05) is 17.8 Å². The van der Waals surface area contributed by atoms with Gasteiger partial charge in [0.2, 0.25) is 5.91 Å². The van der Waals surface area contributed by atoms with E-state index in [9.17, 15) is 4.79 Å². The van der Waals surface area contributed by atoms with Gasteiger partial charge in [0.15, 0.2) is 0 Å². The van der Waals surface area contributed by atoms with E-state index in [1.54, 1.807) is 11.1 Å². The zero-order chi connectivity index (χ0) is 12.8. The Labute approximate surface area is 102 Å². The molecule has 1 aromatic heterocycles. The molecule has 2 heterocycles. The van der Waals surface area contributed by atoms with Gasteiger partial charge in [0.1, 0.15) is 6.04 Å². The minimum absolute atomic E-state index is 0.0205. The molecular formula is C12H20N4O. The van der Waals surface area contributed by atoms with Crippen molar-refractivity contribution in [3.8, 4) is 0 Å². The summed E-state index contributed by atoms with van der Waals surface area (Å²) >= 11 is 0. The van der Waals surface area contributed by atoms with Crippen LogP contribution in [-0.2, 0) is 11.3 Å². The molecule has 1 amide bonds. The smallest absolute Gasteiger partial charge is 0.246 e. The Morgan fingerprint density at radius 2 is 2.12 bits per heavy atom. The van der Waals surface area contributed by atoms with Gasteiger partial charge in [-0.15, -0.1) is 0 Å². The van der Waals surface area contributed by atoms with Gasteiger partial charge in [-0.1, -0.05) is 20.8 Å². The minimum Gasteiger partial charge on any atom is -0.318 e. The van der Waals surface area contributed by atoms with Crippen molar-refractivity contribution in [2.45, 2.75) is 46.3 Å². The van der Waals surface area contributed by atoms with Crippen molar-refractivity contribution in [3.63, 3.8) is 0 Å². The van der Waals surface area contributed by atoms with E-state index in [1.165, 1.54) is 0 Å². The molecule has 1 saturated heterocycles. The molecule has 0 radical (unpaired) electrons. The van der Waals surface area contributed by atoms with Crippen molar-refractivity contribution in [1.29, 1.82) is 0 Å². The lowest BCUT2D eigenvalue weighted by molar-refractivity contribution is -0.125. The van der Waals surface area contributed by atoms with Gasteiger partial charge in [0.25, 0.3) is 0 Å². The number of β-lactam (4-membered cyclic amide) rings is 1. The first kappa shape index (κ1) is 12.1. The Balaban J connectivity index is 2.12. The Hall–Kier alpha value is -1.36. The van der Waals surface area contributed by atoms with Crippen LogP contribution >= 0.6 is 0 Å². The van der Waals surface area contributed by atoms with Crippen LogP contribution in [0.3, 0.4) is 0 Å². The highest BCUT2D eigenvalue weighted by Crippen LogP contribution is 2.27. The second kappa shape index (κ2) is 3.84. The third-order valence-electron chi connectivity index (χ3n) is 2.98. The molecule has 1 aromatic rings. The monoisotopic (exact) mass is 236 g/mol. The summed E-state index contributed by atoms with van der Waals surface area (Å²) in [6.07, 6.45) is 3.64. The van der Waals surface area contributed by atoms with Crippen LogP contribution < -0.4 is 10.6 Å². The van der Waals surface area contributed by atoms with E-state index in [0.29, 0.717) is 0 Å². The van der Waals surface area contributed by atoms with E-state index in [-0.39, 0.29) is 23.4 Å². The van der Waals surface area contributed by atoms with Crippen molar-refractivity contribution in [3.05, 3.63) is 12.4 Å². The van der Waals surface area contributed by atoms with Gasteiger partial charge in [-0.2, -0.15) is 5.10 Å². The summed E-state index contributed by atoms with van der Waals surface area (Å²) in [6, 6.07) is -0.296. The van der Waals surface area contributed by atoms with Gasteiger partial charge < -0.3 is 10.6 Å². The second-order valence-corrected chi connectivity index (χ2v) is 5.93. The van der Waals surface area contributed by atoms with Gasteiger partial charge in [0.05, 0.1) is 17.9 Å². The predicted molar refractivity (Wildman–Crippen MR) is 66.6 cm³/mol. The summed E-state index contributed by atoms with van der Waals surface area (Å²) in [5.41, 5.74) is 6.70. The first-order valence-electron chi connectivity index (χ1n) is 5.91. The van der Waals surface area contributed by atoms with E-state index in [2.05, 4.69) is 25.9 Å². The Bertz CT molecular complexity index is 432. The van der Waals surface area contributed by atoms with Crippen LogP contribution in [0.2, 0.25) is 0 Å². The lowest BCUT2D eigenvalue weighted by Gasteiger charge is -2.42. The summed E-state index contributed by atoms with van der Waals surface area (Å²) in [4.78, 5) is 13.3. The lowest BCUT2D eigenvalue weighted by atomic mass is 9.97. The highest BCUT2D eigenvalue weighted by Gasteiger charge is 2.43. The maximum Gasteiger partial charge on any atom is 0.246 e. The van der Waals surface area contributed by atoms with Crippen LogP contribution in [0.25, 0.3) is 0 Å². The van der Waals surface area contributed by atoms with Crippen molar-refractivity contribution < 1.29 is 4.79 Å². The molecule has 0 unspecified atom stereocenters. The molecule has 2 atom stereocenters. The maximum atomic E-state index is 11.6. The van der Waals surface area contributed by atoms with Crippen LogP contribution in [0.1, 0.15) is 27.7 Å². The zero-order valence-corrected chi connectivity index (χ0v) is 10.8. The maximum absolute atomic E-state index is 11.6. The number of rotatable bonds is 2. The third kappa shape index (κ3) is 2.20. The molecule has 5 nitrogen and oxygen atoms in total. The van der Waals surface area contributed by atoms with Crippen molar-refractivity contribution in [1.82, 2.24) is 9.78 Å². The van der Waals surface area contributed by atoms with Gasteiger partial charge >= 0.3 is 0 Å². The Kier molecular flexibility index (Phi) is 2.73. The van der Waals surface area contributed by atoms with Crippen molar-refractivity contribution in [2.75, 3.05) is 4.90 Å². The van der Waals surface area contributed by atoms with E-state index >= 15 is 0 Å². The molecule has 0 saturated carbocycles. The molecule has 0 spiro atoms. The third-order valence-corrected chi connectivity index (χ3v) is 2.98. The predicted octanol–water partition coefficient (Wildman–Crippen LogP) is 0.992. The molecule has 5 heteroatoms. The molecule has 0 aliphatic carbocycles. The number of hydrogen-bond donors (Lipinski definition) is 1. The zero-order valence-electron chi connectivity index (χ0n) is 10.8. The average Bonchev–Trinajstić information content (AvgIpc) is 2.63. The van der Waals surface area contributed by atoms with Crippen LogP contribution in [0.5, 0.6) is 0 Å². The molecule has 0 aromatic carbocycles. The highest BCUT2D eigenvalue weighted by atomic mass is 16.2. The Morgan fingerprint density at radius 3 is 2.65 bits per heavy atom. The molecule has 17 heavy (non-hydrogen) atoms. The number of nitrogens with zero attached hydrogens (tertiary/aromatic N) is 3. The molecule has 0 bridgehead atoms. The fraction of sp³-hybridized carbons (Fsp3) is 0.667. The van der Waals surface area contributed by atoms with Crippen LogP contribution in [0.15, 0.2) is 12.4 Å². The second-order valence-electron chi connectivity index (χ2n) is 5.93. The standard InChI is InChI=1S/C12H20N4O/c1-8-10(13)11(17)16(8)9-5-14-15(6-9)7-12(2,3)4/h5-6,8,10H,7,13H2,1-4H3/t8-,10-/m0/s1. The Morgan fingerprint density at radius 1 is 1.47 bits per heavy atom. The van der Waals surface area contributed by atoms with Gasteiger partial charge in [-0.3, -0.25) is 9.48 Å². The van der Waals surface area contributed by atoms with Crippen molar-refractivity contribution in [2.24, 2.45) is 11.1 Å². The fourth-order valence-corrected chi connectivity index (χ4v) is 2.06. The van der Waals surface area contributed by atoms with Crippen LogP contribution in [-0.4, -0.2) is 27.8 Å². The van der Waals surface area contributed by atoms with Crippen LogP contribution in [0, 0.1) is 5.41 Å². The minimum atomic E-state index is -0.360. The number of anilines is 1. The number of carbonyl (C=O) groups excluding carboxylic acids is 1. The first-order chi connectivity index (χ1) is 7.79. The molecule has 1 fully saturated rings. The summed E-state index contributed by atoms with van der Waals surface area (Å²) < 4.78 is 1.87. The average molecular weight is 236 g/mol. The highest BCUT2D eigenvalue weighted by molar-refractivity contribution is 6.05. The van der Waals surface area contributed by atoms with Crippen LogP contribution in [0.4, 0.5) is 5.69 Å². The number of aromatic nitrogens is 2. The summed E-state index contributed by atoms with van der Waals surface area (Å²) in [5, 5.41) is 4.28. The van der Waals surface area contributed by atoms with E-state index in [0.717, 1.165) is 12.2 Å². The number of nitrogens with two attached hydrogens (primary N) is 1. The topological polar surface area (TPSA) is 64.2 Å². The molecule has 1 aliphatic heterocycles.